The van der Waals surface area contributed by atoms with Crippen molar-refractivity contribution in [2.45, 2.75) is 20.8 Å². The molecule has 8 nitrogen and oxygen atoms in total. The smallest absolute Gasteiger partial charge is 0.325 e. The molecule has 19 heavy (non-hydrogen) atoms. The van der Waals surface area contributed by atoms with Gasteiger partial charge in [-0.15, -0.1) is 5.10 Å². The van der Waals surface area contributed by atoms with E-state index in [-0.39, 0.29) is 30.8 Å². The van der Waals surface area contributed by atoms with Crippen LogP contribution in [0.5, 0.6) is 0 Å². The zero-order valence-electron chi connectivity index (χ0n) is 11.3. The lowest BCUT2D eigenvalue weighted by Gasteiger charge is -2.22. The lowest BCUT2D eigenvalue weighted by Crippen LogP contribution is -2.39. The fourth-order valence-corrected chi connectivity index (χ4v) is 1.54. The summed E-state index contributed by atoms with van der Waals surface area (Å²) in [5.41, 5.74) is 5.35. The fraction of sp³-hybridized carbons (Fsp3) is 0.636. The number of ether oxygens (including phenoxy) is 1. The predicted octanol–water partition coefficient (Wildman–Crippen LogP) is 0.0482. The van der Waals surface area contributed by atoms with Gasteiger partial charge >= 0.3 is 5.97 Å². The summed E-state index contributed by atoms with van der Waals surface area (Å²) < 4.78 is 4.84. The van der Waals surface area contributed by atoms with E-state index < -0.39 is 11.9 Å². The molecule has 3 N–H and O–H groups in total. The molecule has 0 radical (unpaired) electrons. The summed E-state index contributed by atoms with van der Waals surface area (Å²) >= 11 is 0. The van der Waals surface area contributed by atoms with Gasteiger partial charge in [0, 0.05) is 6.54 Å². The molecule has 0 unspecified atom stereocenters. The molecule has 0 aromatic carbocycles. The van der Waals surface area contributed by atoms with Crippen LogP contribution in [0, 0.1) is 5.92 Å². The van der Waals surface area contributed by atoms with Crippen molar-refractivity contribution in [1.29, 1.82) is 0 Å². The first-order valence-corrected chi connectivity index (χ1v) is 6.06. The van der Waals surface area contributed by atoms with Crippen molar-refractivity contribution in [1.82, 2.24) is 20.1 Å². The third-order valence-electron chi connectivity index (χ3n) is 2.20. The molecular weight excluding hydrogens is 250 g/mol. The van der Waals surface area contributed by atoms with Crippen molar-refractivity contribution < 1.29 is 14.3 Å². The molecule has 1 amide bonds. The number of H-pyrrole nitrogens is 1. The molecule has 1 rings (SSSR count). The highest BCUT2D eigenvalue weighted by molar-refractivity contribution is 5.92. The number of rotatable bonds is 6. The second-order valence-electron chi connectivity index (χ2n) is 4.43. The van der Waals surface area contributed by atoms with Gasteiger partial charge in [-0.25, -0.2) is 0 Å². The summed E-state index contributed by atoms with van der Waals surface area (Å²) in [6.07, 6.45) is 0. The molecule has 0 saturated carbocycles. The lowest BCUT2D eigenvalue weighted by atomic mass is 10.2. The van der Waals surface area contributed by atoms with Gasteiger partial charge in [0.05, 0.1) is 6.61 Å². The Bertz CT molecular complexity index is 443. The van der Waals surface area contributed by atoms with E-state index in [1.54, 1.807) is 6.92 Å². The quantitative estimate of drug-likeness (QED) is 0.705. The fourth-order valence-electron chi connectivity index (χ4n) is 1.54. The van der Waals surface area contributed by atoms with Crippen LogP contribution in [-0.2, 0) is 9.53 Å². The summed E-state index contributed by atoms with van der Waals surface area (Å²) in [6.45, 7) is 6.17. The summed E-state index contributed by atoms with van der Waals surface area (Å²) in [5, 5.41) is 6.03. The van der Waals surface area contributed by atoms with Crippen LogP contribution in [0.1, 0.15) is 31.4 Å². The van der Waals surface area contributed by atoms with Crippen LogP contribution >= 0.6 is 0 Å². The van der Waals surface area contributed by atoms with E-state index in [9.17, 15) is 9.59 Å². The zero-order valence-corrected chi connectivity index (χ0v) is 11.3. The second-order valence-corrected chi connectivity index (χ2v) is 4.43. The molecule has 0 aliphatic heterocycles. The van der Waals surface area contributed by atoms with E-state index in [1.165, 1.54) is 4.90 Å². The van der Waals surface area contributed by atoms with Gasteiger partial charge in [-0.2, -0.15) is 4.98 Å². The van der Waals surface area contributed by atoms with Crippen LogP contribution in [0.2, 0.25) is 0 Å². The Morgan fingerprint density at radius 2 is 2.16 bits per heavy atom. The van der Waals surface area contributed by atoms with E-state index in [1.807, 2.05) is 13.8 Å². The average molecular weight is 269 g/mol. The van der Waals surface area contributed by atoms with Crippen molar-refractivity contribution in [3.8, 4) is 0 Å². The highest BCUT2D eigenvalue weighted by atomic mass is 16.5. The number of hydrogen-bond donors (Lipinski definition) is 2. The highest BCUT2D eigenvalue weighted by Gasteiger charge is 2.23. The number of anilines is 1. The largest absolute Gasteiger partial charge is 0.465 e. The Hall–Kier alpha value is -2.12. The van der Waals surface area contributed by atoms with Crippen LogP contribution < -0.4 is 5.73 Å². The Balaban J connectivity index is 2.78. The molecule has 1 aromatic heterocycles. The predicted molar refractivity (Wildman–Crippen MR) is 68.2 cm³/mol. The first-order valence-electron chi connectivity index (χ1n) is 6.06. The number of carbonyl (C=O) groups is 2. The molecule has 0 bridgehead atoms. The van der Waals surface area contributed by atoms with E-state index in [2.05, 4.69) is 15.2 Å². The highest BCUT2D eigenvalue weighted by Crippen LogP contribution is 2.05. The number of nitrogens with zero attached hydrogens (tertiary/aromatic N) is 3. The van der Waals surface area contributed by atoms with Gasteiger partial charge in [0.2, 0.25) is 11.8 Å². The molecule has 0 atom stereocenters. The SMILES string of the molecule is CCOC(=O)CN(CC(C)C)C(=O)c1nc(N)n[nH]1. The maximum atomic E-state index is 12.2. The number of nitrogens with one attached hydrogen (secondary N) is 1. The minimum absolute atomic E-state index is 0.0102. The number of aromatic amines is 1. The van der Waals surface area contributed by atoms with Crippen molar-refractivity contribution in [2.75, 3.05) is 25.4 Å². The Kier molecular flexibility index (Phi) is 5.28. The number of amides is 1. The van der Waals surface area contributed by atoms with E-state index in [0.29, 0.717) is 6.54 Å². The maximum Gasteiger partial charge on any atom is 0.325 e. The molecule has 0 saturated heterocycles. The Morgan fingerprint density at radius 1 is 1.47 bits per heavy atom. The van der Waals surface area contributed by atoms with Crippen molar-refractivity contribution in [3.63, 3.8) is 0 Å². The van der Waals surface area contributed by atoms with Crippen molar-refractivity contribution >= 4 is 17.8 Å². The third kappa shape index (κ3) is 4.57. The Labute approximate surface area is 111 Å². The van der Waals surface area contributed by atoms with Gasteiger partial charge < -0.3 is 15.4 Å². The number of carbonyl (C=O) groups excluding carboxylic acids is 2. The number of nitrogens with two attached hydrogens (primary N) is 1. The van der Waals surface area contributed by atoms with Gasteiger partial charge in [-0.1, -0.05) is 13.8 Å². The van der Waals surface area contributed by atoms with Crippen LogP contribution in [-0.4, -0.2) is 51.7 Å². The molecule has 0 fully saturated rings. The minimum Gasteiger partial charge on any atom is -0.465 e. The molecule has 0 aliphatic rings. The first-order chi connectivity index (χ1) is 8.93. The van der Waals surface area contributed by atoms with Gasteiger partial charge in [0.15, 0.2) is 0 Å². The van der Waals surface area contributed by atoms with Crippen molar-refractivity contribution in [3.05, 3.63) is 5.82 Å². The van der Waals surface area contributed by atoms with Crippen LogP contribution in [0.4, 0.5) is 5.95 Å². The molecular formula is C11H19N5O3. The molecule has 0 spiro atoms. The topological polar surface area (TPSA) is 114 Å². The van der Waals surface area contributed by atoms with Gasteiger partial charge in [0.1, 0.15) is 6.54 Å². The van der Waals surface area contributed by atoms with Gasteiger partial charge in [-0.3, -0.25) is 14.7 Å². The maximum absolute atomic E-state index is 12.2. The summed E-state index contributed by atoms with van der Waals surface area (Å²) in [5.74, 6) is -0.667. The average Bonchev–Trinajstić information content (AvgIpc) is 2.73. The molecule has 8 heteroatoms. The second kappa shape index (κ2) is 6.72. The summed E-state index contributed by atoms with van der Waals surface area (Å²) in [7, 11) is 0. The Morgan fingerprint density at radius 3 is 2.63 bits per heavy atom. The summed E-state index contributed by atoms with van der Waals surface area (Å²) in [6, 6.07) is 0. The van der Waals surface area contributed by atoms with Crippen molar-refractivity contribution in [2.24, 2.45) is 5.92 Å². The minimum atomic E-state index is -0.455. The number of aromatic nitrogens is 3. The van der Waals surface area contributed by atoms with E-state index in [4.69, 9.17) is 10.5 Å². The first kappa shape index (κ1) is 14.9. The van der Waals surface area contributed by atoms with Crippen LogP contribution in [0.25, 0.3) is 0 Å². The van der Waals surface area contributed by atoms with Gasteiger partial charge in [-0.05, 0) is 12.8 Å². The van der Waals surface area contributed by atoms with E-state index in [0.717, 1.165) is 0 Å². The van der Waals surface area contributed by atoms with Crippen LogP contribution in [0.15, 0.2) is 0 Å². The molecule has 0 aliphatic carbocycles. The normalized spacial score (nSPS) is 10.5. The van der Waals surface area contributed by atoms with Gasteiger partial charge in [0.25, 0.3) is 5.91 Å². The molecule has 106 valence electrons. The number of hydrogen-bond acceptors (Lipinski definition) is 6. The van der Waals surface area contributed by atoms with E-state index >= 15 is 0 Å². The number of esters is 1. The zero-order chi connectivity index (χ0) is 14.4. The van der Waals surface area contributed by atoms with Crippen LogP contribution in [0.3, 0.4) is 0 Å². The number of nitrogen functional groups attached to an aromatic ring is 1. The monoisotopic (exact) mass is 269 g/mol. The third-order valence-corrected chi connectivity index (χ3v) is 2.20. The lowest BCUT2D eigenvalue weighted by molar-refractivity contribution is -0.143. The molecule has 1 heterocycles. The standard InChI is InChI=1S/C11H19N5O3/c1-4-19-8(17)6-16(5-7(2)3)10(18)9-13-11(12)15-14-9/h7H,4-6H2,1-3H3,(H3,12,13,14,15). The molecule has 1 aromatic rings. The summed E-state index contributed by atoms with van der Waals surface area (Å²) in [4.78, 5) is 28.8.